The number of nitrogens with zero attached hydrogens (tertiary/aromatic N) is 1. The number of aromatic nitrogens is 1. The number of carbonyl (C=O) groups excluding carboxylic acids is 3. The smallest absolute Gasteiger partial charge is 0.249 e. The number of imide groups is 1. The molecule has 1 atom stereocenters. The van der Waals surface area contributed by atoms with E-state index >= 15 is 0 Å². The average Bonchev–Trinajstić information content (AvgIpc) is 2.79. The highest BCUT2D eigenvalue weighted by Crippen LogP contribution is 2.34. The van der Waals surface area contributed by atoms with Gasteiger partial charge < -0.3 is 5.32 Å². The maximum absolute atomic E-state index is 12.2. The first-order chi connectivity index (χ1) is 10.5. The second kappa shape index (κ2) is 6.13. The summed E-state index contributed by atoms with van der Waals surface area (Å²) in [5.74, 6) is -0.979. The van der Waals surface area contributed by atoms with E-state index in [0.717, 1.165) is 19.6 Å². The quantitative estimate of drug-likeness (QED) is 0.788. The molecule has 1 aliphatic rings. The second-order valence-electron chi connectivity index (χ2n) is 4.95. The Balaban J connectivity index is 1.71. The molecule has 0 aromatic carbocycles. The normalized spacial score (nSPS) is 18.3. The molecule has 2 aromatic heterocycles. The maximum Gasteiger partial charge on any atom is 0.249 e. The van der Waals surface area contributed by atoms with Gasteiger partial charge in [-0.25, -0.2) is 0 Å². The summed E-state index contributed by atoms with van der Waals surface area (Å²) < 4.78 is 0.881. The summed E-state index contributed by atoms with van der Waals surface area (Å²) in [5, 5.41) is 5.83. The second-order valence-corrected chi connectivity index (χ2v) is 7.37. The zero-order valence-corrected chi connectivity index (χ0v) is 13.8. The van der Waals surface area contributed by atoms with Gasteiger partial charge >= 0.3 is 0 Å². The molecule has 0 saturated carbocycles. The van der Waals surface area contributed by atoms with Crippen LogP contribution in [-0.2, 0) is 20.8 Å². The van der Waals surface area contributed by atoms with Crippen LogP contribution in [0.3, 0.4) is 0 Å². The van der Waals surface area contributed by atoms with Gasteiger partial charge in [0.05, 0.1) is 15.7 Å². The van der Waals surface area contributed by atoms with Gasteiger partial charge in [-0.2, -0.15) is 0 Å². The van der Waals surface area contributed by atoms with Gasteiger partial charge in [0.25, 0.3) is 0 Å². The molecular weight excluding hydrogens is 370 g/mol. The van der Waals surface area contributed by atoms with Gasteiger partial charge in [-0.3, -0.25) is 24.7 Å². The summed E-state index contributed by atoms with van der Waals surface area (Å²) in [6.45, 7) is 0. The number of amides is 3. The molecule has 1 unspecified atom stereocenters. The van der Waals surface area contributed by atoms with Crippen LogP contribution in [0.2, 0.25) is 0 Å². The van der Waals surface area contributed by atoms with E-state index in [-0.39, 0.29) is 24.7 Å². The monoisotopic (exact) mass is 381 g/mol. The molecule has 22 heavy (non-hydrogen) atoms. The Labute approximate surface area is 138 Å². The van der Waals surface area contributed by atoms with Crippen LogP contribution in [-0.4, -0.2) is 28.7 Å². The van der Waals surface area contributed by atoms with Crippen molar-refractivity contribution >= 4 is 55.9 Å². The third kappa shape index (κ3) is 3.02. The van der Waals surface area contributed by atoms with E-state index in [0.29, 0.717) is 6.42 Å². The molecule has 2 N–H and O–H groups in total. The molecule has 1 fully saturated rings. The Morgan fingerprint density at radius 2 is 2.32 bits per heavy atom. The van der Waals surface area contributed by atoms with Crippen molar-refractivity contribution < 1.29 is 14.4 Å². The van der Waals surface area contributed by atoms with Crippen LogP contribution >= 0.6 is 27.3 Å². The third-order valence-corrected chi connectivity index (χ3v) is 5.25. The molecule has 0 spiro atoms. The number of pyridine rings is 1. The average molecular weight is 382 g/mol. The topological polar surface area (TPSA) is 88.2 Å². The zero-order chi connectivity index (χ0) is 15.7. The van der Waals surface area contributed by atoms with Gasteiger partial charge in [0.2, 0.25) is 17.7 Å². The molecule has 0 radical (unpaired) electrons. The molecule has 114 valence electrons. The first-order valence-electron chi connectivity index (χ1n) is 6.69. The van der Waals surface area contributed by atoms with Crippen LogP contribution in [0.25, 0.3) is 10.9 Å². The summed E-state index contributed by atoms with van der Waals surface area (Å²) in [6, 6.07) is 3.10. The van der Waals surface area contributed by atoms with Crippen molar-refractivity contribution in [2.45, 2.75) is 25.3 Å². The number of hydrogen-bond donors (Lipinski definition) is 2. The number of piperidine rings is 1. The molecule has 3 heterocycles. The number of fused-ring (bicyclic) bond motifs is 1. The van der Waals surface area contributed by atoms with Crippen molar-refractivity contribution in [3.8, 4) is 0 Å². The van der Waals surface area contributed by atoms with Gasteiger partial charge in [-0.15, -0.1) is 11.3 Å². The van der Waals surface area contributed by atoms with Gasteiger partial charge in [0, 0.05) is 22.9 Å². The minimum absolute atomic E-state index is 0.177. The minimum Gasteiger partial charge on any atom is -0.344 e. The van der Waals surface area contributed by atoms with E-state index in [2.05, 4.69) is 31.5 Å². The summed E-state index contributed by atoms with van der Waals surface area (Å²) in [5.41, 5.74) is 0.830. The zero-order valence-electron chi connectivity index (χ0n) is 11.4. The van der Waals surface area contributed by atoms with Gasteiger partial charge in [-0.1, -0.05) is 6.07 Å². The Kier molecular flexibility index (Phi) is 4.21. The van der Waals surface area contributed by atoms with Gasteiger partial charge in [-0.05, 0) is 28.4 Å². The Bertz CT molecular complexity index is 774. The van der Waals surface area contributed by atoms with E-state index in [9.17, 15) is 14.4 Å². The molecule has 3 amide bonds. The van der Waals surface area contributed by atoms with Crippen molar-refractivity contribution in [3.05, 3.63) is 27.0 Å². The van der Waals surface area contributed by atoms with Crippen LogP contribution in [0.4, 0.5) is 0 Å². The van der Waals surface area contributed by atoms with Crippen molar-refractivity contribution in [2.75, 3.05) is 0 Å². The Morgan fingerprint density at radius 3 is 3.09 bits per heavy atom. The number of thiophene rings is 1. The molecule has 8 heteroatoms. The number of hydrogen-bond acceptors (Lipinski definition) is 5. The highest BCUT2D eigenvalue weighted by atomic mass is 79.9. The van der Waals surface area contributed by atoms with E-state index in [1.165, 1.54) is 11.3 Å². The lowest BCUT2D eigenvalue weighted by Crippen LogP contribution is -2.52. The molecule has 1 aliphatic heterocycles. The van der Waals surface area contributed by atoms with E-state index in [1.807, 2.05) is 12.1 Å². The van der Waals surface area contributed by atoms with Crippen LogP contribution in [0.1, 0.15) is 17.7 Å². The van der Waals surface area contributed by atoms with Crippen molar-refractivity contribution in [2.24, 2.45) is 0 Å². The van der Waals surface area contributed by atoms with Crippen molar-refractivity contribution in [1.29, 1.82) is 0 Å². The molecule has 1 saturated heterocycles. The molecule has 0 aliphatic carbocycles. The number of carbonyl (C=O) groups is 3. The largest absolute Gasteiger partial charge is 0.344 e. The van der Waals surface area contributed by atoms with Crippen LogP contribution in [0.15, 0.2) is 22.1 Å². The molecule has 0 bridgehead atoms. The van der Waals surface area contributed by atoms with Crippen LogP contribution in [0.5, 0.6) is 0 Å². The molecule has 3 rings (SSSR count). The third-order valence-electron chi connectivity index (χ3n) is 3.40. The predicted octanol–water partition coefficient (Wildman–Crippen LogP) is 1.52. The molecule has 6 nitrogen and oxygen atoms in total. The summed E-state index contributed by atoms with van der Waals surface area (Å²) in [7, 11) is 0. The Hall–Kier alpha value is -1.80. The lowest BCUT2D eigenvalue weighted by atomic mass is 10.1. The first kappa shape index (κ1) is 15.1. The fraction of sp³-hybridized carbons (Fsp3) is 0.286. The number of rotatable bonds is 3. The van der Waals surface area contributed by atoms with E-state index in [4.69, 9.17) is 0 Å². The number of halogens is 1. The van der Waals surface area contributed by atoms with Crippen molar-refractivity contribution in [1.82, 2.24) is 15.6 Å². The number of nitrogens with one attached hydrogen (secondary N) is 2. The highest BCUT2D eigenvalue weighted by Gasteiger charge is 2.28. The molecule has 2 aromatic rings. The predicted molar refractivity (Wildman–Crippen MR) is 85.3 cm³/mol. The summed E-state index contributed by atoms with van der Waals surface area (Å²) in [4.78, 5) is 40.1. The van der Waals surface area contributed by atoms with Crippen LogP contribution < -0.4 is 10.6 Å². The van der Waals surface area contributed by atoms with Crippen LogP contribution in [0, 0.1) is 0 Å². The lowest BCUT2D eigenvalue weighted by Gasteiger charge is -2.21. The highest BCUT2D eigenvalue weighted by molar-refractivity contribution is 9.11. The Morgan fingerprint density at radius 1 is 1.50 bits per heavy atom. The maximum atomic E-state index is 12.2. The van der Waals surface area contributed by atoms with Gasteiger partial charge in [0.1, 0.15) is 6.04 Å². The standard InChI is InChI=1S/C14H12BrN3O3S/c15-13-12-7(2-1-5-16-12)9(22-13)6-11(20)17-8-3-4-10(19)18-14(8)21/h1-2,5,8H,3-4,6H2,(H,17,20)(H,18,19,21). The summed E-state index contributed by atoms with van der Waals surface area (Å²) in [6.07, 6.45) is 2.46. The SMILES string of the molecule is O=C1CCC(NC(=O)Cc2sc(Br)c3ncccc23)C(=O)N1. The fourth-order valence-corrected chi connectivity index (χ4v) is 4.21. The van der Waals surface area contributed by atoms with Crippen molar-refractivity contribution in [3.63, 3.8) is 0 Å². The first-order valence-corrected chi connectivity index (χ1v) is 8.30. The molecular formula is C14H12BrN3O3S. The fourth-order valence-electron chi connectivity index (χ4n) is 2.35. The van der Waals surface area contributed by atoms with E-state index in [1.54, 1.807) is 6.20 Å². The van der Waals surface area contributed by atoms with Gasteiger partial charge in [0.15, 0.2) is 0 Å². The lowest BCUT2D eigenvalue weighted by molar-refractivity contribution is -0.137. The summed E-state index contributed by atoms with van der Waals surface area (Å²) >= 11 is 4.90. The van der Waals surface area contributed by atoms with E-state index < -0.39 is 11.9 Å². The minimum atomic E-state index is -0.641.